The van der Waals surface area contributed by atoms with Crippen LogP contribution in [0.5, 0.6) is 0 Å². The molecule has 0 aromatic heterocycles. The molecule has 0 amide bonds. The van der Waals surface area contributed by atoms with E-state index in [0.29, 0.717) is 30.0 Å². The maximum absolute atomic E-state index is 10.5. The van der Waals surface area contributed by atoms with E-state index < -0.39 is 13.3 Å². The lowest BCUT2D eigenvalue weighted by molar-refractivity contribution is -0.0108. The molecule has 2 saturated carbocycles. The second-order valence-electron chi connectivity index (χ2n) is 11.1. The monoisotopic (exact) mass is 562 g/mol. The molecule has 4 nitrogen and oxygen atoms in total. The Morgan fingerprint density at radius 2 is 1.32 bits per heavy atom. The molecule has 0 aromatic rings. The van der Waals surface area contributed by atoms with E-state index in [1.807, 2.05) is 0 Å². The minimum atomic E-state index is -0.894. The van der Waals surface area contributed by atoms with Crippen LogP contribution in [-0.2, 0) is 4.52 Å². The van der Waals surface area contributed by atoms with Crippen molar-refractivity contribution in [3.63, 3.8) is 0 Å². The standard InChI is InChI=1S/C12H23ClNOP.C12H25NO.2CH4.2H2S/c1-9(2)11-12(7-5-6-8-12)15-16(13)14(11)10(3)4;1-9(2)11(13-10(3)4)12(14)7-5-6-8-12;;;;/h9-11H,5-8H2,1-4H3;9-11,13-14H,5-8H2,1-4H3;2*1H4;2*1H2/t11-,16?;11-;;;;/m00..../s1. The Kier molecular flexibility index (Phi) is 19.8. The van der Waals surface area contributed by atoms with Gasteiger partial charge < -0.3 is 14.9 Å². The normalized spacial score (nSPS) is 25.9. The van der Waals surface area contributed by atoms with Crippen molar-refractivity contribution in [2.24, 2.45) is 11.8 Å². The molecule has 2 N–H and O–H groups in total. The van der Waals surface area contributed by atoms with Gasteiger partial charge in [0, 0.05) is 24.2 Å². The van der Waals surface area contributed by atoms with E-state index in [1.54, 1.807) is 0 Å². The predicted octanol–water partition coefficient (Wildman–Crippen LogP) is 8.34. The molecule has 1 spiro atoms. The largest absolute Gasteiger partial charge is 0.388 e. The fourth-order valence-corrected chi connectivity index (χ4v) is 8.93. The Labute approximate surface area is 233 Å². The Hall–Kier alpha value is 1.26. The number of hydrogen-bond donors (Lipinski definition) is 2. The summed E-state index contributed by atoms with van der Waals surface area (Å²) >= 11 is 6.45. The number of nitrogens with one attached hydrogen (secondary N) is 1. The van der Waals surface area contributed by atoms with Gasteiger partial charge >= 0.3 is 0 Å². The smallest absolute Gasteiger partial charge is 0.208 e. The second-order valence-corrected chi connectivity index (χ2v) is 13.1. The molecule has 8 heteroatoms. The summed E-state index contributed by atoms with van der Waals surface area (Å²) in [6, 6.07) is 1.70. The van der Waals surface area contributed by atoms with Crippen LogP contribution in [0.25, 0.3) is 0 Å². The van der Waals surface area contributed by atoms with E-state index in [2.05, 4.69) is 65.4 Å². The van der Waals surface area contributed by atoms with Crippen molar-refractivity contribution in [2.75, 3.05) is 0 Å². The molecule has 3 aliphatic rings. The average molecular weight is 563 g/mol. The molecule has 0 aromatic carbocycles. The lowest BCUT2D eigenvalue weighted by Gasteiger charge is -2.37. The van der Waals surface area contributed by atoms with Crippen molar-refractivity contribution in [2.45, 2.75) is 157 Å². The third-order valence-electron chi connectivity index (χ3n) is 7.10. The fourth-order valence-electron chi connectivity index (χ4n) is 5.99. The Morgan fingerprint density at radius 3 is 1.68 bits per heavy atom. The van der Waals surface area contributed by atoms with Gasteiger partial charge in [-0.2, -0.15) is 27.0 Å². The Balaban J connectivity index is -0.000000510. The van der Waals surface area contributed by atoms with Gasteiger partial charge in [-0.15, -0.1) is 0 Å². The Morgan fingerprint density at radius 1 is 0.882 bits per heavy atom. The molecule has 3 atom stereocenters. The second kappa shape index (κ2) is 17.0. The topological polar surface area (TPSA) is 44.7 Å². The number of hydrogen-bond acceptors (Lipinski definition) is 4. The van der Waals surface area contributed by atoms with Gasteiger partial charge in [0.25, 0.3) is 0 Å². The summed E-state index contributed by atoms with van der Waals surface area (Å²) in [7, 11) is -0.894. The minimum Gasteiger partial charge on any atom is -0.388 e. The van der Waals surface area contributed by atoms with Crippen molar-refractivity contribution in [3.8, 4) is 0 Å². The van der Waals surface area contributed by atoms with Crippen molar-refractivity contribution in [1.82, 2.24) is 9.99 Å². The molecule has 0 bridgehead atoms. The van der Waals surface area contributed by atoms with E-state index in [1.165, 1.54) is 38.5 Å². The molecule has 34 heavy (non-hydrogen) atoms. The number of rotatable bonds is 6. The van der Waals surface area contributed by atoms with Crippen molar-refractivity contribution < 1.29 is 9.63 Å². The molecule has 210 valence electrons. The molecule has 1 aliphatic heterocycles. The van der Waals surface area contributed by atoms with Crippen LogP contribution in [0, 0.1) is 11.8 Å². The van der Waals surface area contributed by atoms with Gasteiger partial charge in [-0.05, 0) is 62.6 Å². The molecular weight excluding hydrogens is 503 g/mol. The molecule has 2 aliphatic carbocycles. The minimum absolute atomic E-state index is 0. The summed E-state index contributed by atoms with van der Waals surface area (Å²) in [6.45, 7) is 17.7. The Bertz CT molecular complexity index is 529. The summed E-state index contributed by atoms with van der Waals surface area (Å²) in [5, 5.41) is 14.0. The third kappa shape index (κ3) is 9.53. The van der Waals surface area contributed by atoms with Gasteiger partial charge in [0.05, 0.1) is 11.2 Å². The van der Waals surface area contributed by atoms with Crippen LogP contribution < -0.4 is 5.32 Å². The summed E-state index contributed by atoms with van der Waals surface area (Å²) in [5.41, 5.74) is -0.371. The van der Waals surface area contributed by atoms with E-state index in [-0.39, 0.29) is 53.5 Å². The highest BCUT2D eigenvalue weighted by Crippen LogP contribution is 2.65. The van der Waals surface area contributed by atoms with Crippen LogP contribution in [-0.4, -0.2) is 45.1 Å². The van der Waals surface area contributed by atoms with Crippen LogP contribution in [0.3, 0.4) is 0 Å². The van der Waals surface area contributed by atoms with Crippen LogP contribution in [0.4, 0.5) is 0 Å². The van der Waals surface area contributed by atoms with Crippen LogP contribution >= 0.6 is 45.9 Å². The first kappa shape index (κ1) is 39.8. The first-order valence-electron chi connectivity index (χ1n) is 12.4. The highest BCUT2D eigenvalue weighted by Gasteiger charge is 2.56. The molecule has 3 rings (SSSR count). The van der Waals surface area contributed by atoms with Crippen molar-refractivity contribution >= 4 is 45.9 Å². The number of halogens is 1. The molecule has 3 fully saturated rings. The van der Waals surface area contributed by atoms with Crippen LogP contribution in [0.1, 0.15) is 122 Å². The predicted molar refractivity (Wildman–Crippen MR) is 165 cm³/mol. The SMILES string of the molecule is C.C.CC(C)N[C@@H](C(C)C)C1(O)CCCC1.CC(C)[C@@H]1N(C(C)C)P(Cl)OC12CCCC2.S.S. The third-order valence-corrected chi connectivity index (χ3v) is 9.42. The summed E-state index contributed by atoms with van der Waals surface area (Å²) < 4.78 is 8.64. The lowest BCUT2D eigenvalue weighted by atomic mass is 9.84. The number of nitrogens with zero attached hydrogens (tertiary/aromatic N) is 1. The molecule has 1 saturated heterocycles. The van der Waals surface area contributed by atoms with E-state index >= 15 is 0 Å². The highest BCUT2D eigenvalue weighted by atomic mass is 35.7. The van der Waals surface area contributed by atoms with Gasteiger partial charge in [0.1, 0.15) is 0 Å². The van der Waals surface area contributed by atoms with Crippen LogP contribution in [0.2, 0.25) is 0 Å². The average Bonchev–Trinajstić information content (AvgIpc) is 3.33. The summed E-state index contributed by atoms with van der Waals surface area (Å²) in [5.74, 6) is 1.12. The van der Waals surface area contributed by atoms with Gasteiger partial charge in [-0.1, -0.05) is 82.1 Å². The molecular formula is C26H60ClN2O2PS2. The zero-order valence-corrected chi connectivity index (χ0v) is 25.4. The van der Waals surface area contributed by atoms with Crippen molar-refractivity contribution in [1.29, 1.82) is 0 Å². The maximum Gasteiger partial charge on any atom is 0.208 e. The summed E-state index contributed by atoms with van der Waals surface area (Å²) in [4.78, 5) is 0. The van der Waals surface area contributed by atoms with E-state index in [9.17, 15) is 5.11 Å². The molecule has 1 heterocycles. The fraction of sp³-hybridized carbons (Fsp3) is 1.00. The van der Waals surface area contributed by atoms with Gasteiger partial charge in [-0.3, -0.25) is 0 Å². The molecule has 1 unspecified atom stereocenters. The van der Waals surface area contributed by atoms with E-state index in [0.717, 1.165) is 12.8 Å². The van der Waals surface area contributed by atoms with Gasteiger partial charge in [-0.25, -0.2) is 4.67 Å². The number of aliphatic hydroxyl groups is 1. The van der Waals surface area contributed by atoms with Crippen LogP contribution in [0.15, 0.2) is 0 Å². The van der Waals surface area contributed by atoms with Crippen molar-refractivity contribution in [3.05, 3.63) is 0 Å². The van der Waals surface area contributed by atoms with Gasteiger partial charge in [0.2, 0.25) is 7.65 Å². The lowest BCUT2D eigenvalue weighted by Crippen LogP contribution is -2.54. The quantitative estimate of drug-likeness (QED) is 0.319. The first-order chi connectivity index (χ1) is 13.9. The highest BCUT2D eigenvalue weighted by molar-refractivity contribution is 7.78. The summed E-state index contributed by atoms with van der Waals surface area (Å²) in [6.07, 6.45) is 9.30. The molecule has 0 radical (unpaired) electrons. The van der Waals surface area contributed by atoms with E-state index in [4.69, 9.17) is 15.8 Å². The zero-order valence-electron chi connectivity index (χ0n) is 21.7. The first-order valence-corrected chi connectivity index (χ1v) is 14.5. The zero-order chi connectivity index (χ0) is 22.7. The maximum atomic E-state index is 10.5. The van der Waals surface area contributed by atoms with Gasteiger partial charge in [0.15, 0.2) is 0 Å².